The molecule has 1 heterocycles. The van der Waals surface area contributed by atoms with E-state index in [1.54, 1.807) is 32.3 Å². The standard InChI is InChI=1S/C16H23N3O5/c1-10(2)24-16(22)13(5-4-12(20)8-17)19-15(21)14(23-3)11-6-7-18-9-11/h6-10,13-14,17-18H,4-5H2,1-3H3,(H,19,21)/t13-,14-/m0/s1. The third kappa shape index (κ3) is 5.96. The van der Waals surface area contributed by atoms with Crippen LogP contribution in [0.15, 0.2) is 18.5 Å². The van der Waals surface area contributed by atoms with Crippen molar-refractivity contribution in [2.24, 2.45) is 0 Å². The first-order valence-corrected chi connectivity index (χ1v) is 7.58. The van der Waals surface area contributed by atoms with Crippen LogP contribution in [0.3, 0.4) is 0 Å². The first-order chi connectivity index (χ1) is 11.4. The van der Waals surface area contributed by atoms with Crippen molar-refractivity contribution >= 4 is 23.9 Å². The molecule has 0 aromatic carbocycles. The second-order valence-corrected chi connectivity index (χ2v) is 5.46. The van der Waals surface area contributed by atoms with E-state index in [1.165, 1.54) is 7.11 Å². The molecular formula is C16H23N3O5. The van der Waals surface area contributed by atoms with Crippen molar-refractivity contribution in [3.8, 4) is 0 Å². The van der Waals surface area contributed by atoms with Crippen LogP contribution in [0.1, 0.15) is 38.4 Å². The SMILES string of the molecule is CO[C@H](C(=O)N[C@@H](CCC(=O)C=N)C(=O)OC(C)C)c1cc[nH]c1. The Morgan fingerprint density at radius 2 is 2.08 bits per heavy atom. The zero-order chi connectivity index (χ0) is 18.1. The minimum Gasteiger partial charge on any atom is -0.461 e. The Labute approximate surface area is 140 Å². The molecule has 0 spiro atoms. The molecule has 132 valence electrons. The van der Waals surface area contributed by atoms with Crippen molar-refractivity contribution < 1.29 is 23.9 Å². The molecule has 0 saturated carbocycles. The summed E-state index contributed by atoms with van der Waals surface area (Å²) in [6.07, 6.45) is 2.74. The summed E-state index contributed by atoms with van der Waals surface area (Å²) in [5.74, 6) is -1.56. The molecule has 0 fully saturated rings. The van der Waals surface area contributed by atoms with Gasteiger partial charge >= 0.3 is 5.97 Å². The maximum atomic E-state index is 12.4. The lowest BCUT2D eigenvalue weighted by Gasteiger charge is -2.21. The number of carbonyl (C=O) groups excluding carboxylic acids is 3. The number of Topliss-reactive ketones (excluding diaryl/α,β-unsaturated/α-hetero) is 1. The van der Waals surface area contributed by atoms with Gasteiger partial charge in [0, 0.05) is 31.5 Å². The van der Waals surface area contributed by atoms with Gasteiger partial charge in [-0.25, -0.2) is 4.79 Å². The fourth-order valence-corrected chi connectivity index (χ4v) is 2.06. The van der Waals surface area contributed by atoms with Gasteiger partial charge in [-0.3, -0.25) is 9.59 Å². The second kappa shape index (κ2) is 9.61. The van der Waals surface area contributed by atoms with Gasteiger partial charge in [-0.15, -0.1) is 0 Å². The molecule has 1 amide bonds. The average molecular weight is 337 g/mol. The van der Waals surface area contributed by atoms with Crippen molar-refractivity contribution in [2.45, 2.75) is 44.9 Å². The lowest BCUT2D eigenvalue weighted by Crippen LogP contribution is -2.45. The Balaban J connectivity index is 2.81. The van der Waals surface area contributed by atoms with E-state index in [0.717, 1.165) is 0 Å². The summed E-state index contributed by atoms with van der Waals surface area (Å²) in [5.41, 5.74) is 0.613. The first kappa shape index (κ1) is 19.6. The third-order valence-electron chi connectivity index (χ3n) is 3.19. The highest BCUT2D eigenvalue weighted by Crippen LogP contribution is 2.16. The third-order valence-corrected chi connectivity index (χ3v) is 3.19. The topological polar surface area (TPSA) is 121 Å². The summed E-state index contributed by atoms with van der Waals surface area (Å²) in [5, 5.41) is 9.47. The van der Waals surface area contributed by atoms with E-state index in [0.29, 0.717) is 11.8 Å². The molecule has 1 rings (SSSR count). The number of hydrogen-bond acceptors (Lipinski definition) is 6. The number of hydrogen-bond donors (Lipinski definition) is 3. The van der Waals surface area contributed by atoms with Gasteiger partial charge in [0.25, 0.3) is 5.91 Å². The summed E-state index contributed by atoms with van der Waals surface area (Å²) in [4.78, 5) is 38.7. The predicted molar refractivity (Wildman–Crippen MR) is 86.7 cm³/mol. The number of H-pyrrole nitrogens is 1. The number of ether oxygens (including phenoxy) is 2. The Bertz CT molecular complexity index is 568. The Morgan fingerprint density at radius 1 is 1.38 bits per heavy atom. The maximum absolute atomic E-state index is 12.4. The van der Waals surface area contributed by atoms with Crippen molar-refractivity contribution in [1.29, 1.82) is 5.41 Å². The zero-order valence-electron chi connectivity index (χ0n) is 14.0. The maximum Gasteiger partial charge on any atom is 0.328 e. The Hall–Kier alpha value is -2.48. The quantitative estimate of drug-likeness (QED) is 0.436. The summed E-state index contributed by atoms with van der Waals surface area (Å²) in [6, 6.07) is 0.703. The minimum absolute atomic E-state index is 0.0382. The molecule has 1 aromatic heterocycles. The molecule has 0 aliphatic carbocycles. The molecule has 0 bridgehead atoms. The number of nitrogens with one attached hydrogen (secondary N) is 3. The highest BCUT2D eigenvalue weighted by atomic mass is 16.5. The number of aromatic nitrogens is 1. The summed E-state index contributed by atoms with van der Waals surface area (Å²) in [7, 11) is 1.39. The first-order valence-electron chi connectivity index (χ1n) is 7.58. The molecule has 0 unspecified atom stereocenters. The van der Waals surface area contributed by atoms with Crippen LogP contribution in [0.25, 0.3) is 0 Å². The van der Waals surface area contributed by atoms with Gasteiger partial charge in [0.05, 0.1) is 12.3 Å². The predicted octanol–water partition coefficient (Wildman–Crippen LogP) is 1.14. The molecule has 0 aliphatic rings. The van der Waals surface area contributed by atoms with Crippen LogP contribution in [-0.2, 0) is 23.9 Å². The molecule has 8 nitrogen and oxygen atoms in total. The fraction of sp³-hybridized carbons (Fsp3) is 0.500. The van der Waals surface area contributed by atoms with Crippen LogP contribution in [-0.4, -0.2) is 48.1 Å². The molecular weight excluding hydrogens is 314 g/mol. The monoisotopic (exact) mass is 337 g/mol. The highest BCUT2D eigenvalue weighted by Gasteiger charge is 2.28. The largest absolute Gasteiger partial charge is 0.461 e. The van der Waals surface area contributed by atoms with E-state index in [2.05, 4.69) is 10.3 Å². The molecule has 1 aromatic rings. The number of methoxy groups -OCH3 is 1. The number of amides is 1. The summed E-state index contributed by atoms with van der Waals surface area (Å²) in [6.45, 7) is 3.38. The molecule has 0 aliphatic heterocycles. The molecule has 0 saturated heterocycles. The average Bonchev–Trinajstić information content (AvgIpc) is 3.05. The smallest absolute Gasteiger partial charge is 0.328 e. The van der Waals surface area contributed by atoms with Gasteiger partial charge in [0.1, 0.15) is 6.04 Å². The van der Waals surface area contributed by atoms with Gasteiger partial charge in [-0.1, -0.05) is 0 Å². The lowest BCUT2D eigenvalue weighted by atomic mass is 10.1. The van der Waals surface area contributed by atoms with Gasteiger partial charge < -0.3 is 25.2 Å². The Kier molecular flexibility index (Phi) is 7.84. The fourth-order valence-electron chi connectivity index (χ4n) is 2.06. The Morgan fingerprint density at radius 3 is 2.58 bits per heavy atom. The van der Waals surface area contributed by atoms with E-state index in [1.807, 2.05) is 0 Å². The molecule has 24 heavy (non-hydrogen) atoms. The van der Waals surface area contributed by atoms with E-state index >= 15 is 0 Å². The van der Waals surface area contributed by atoms with E-state index in [9.17, 15) is 14.4 Å². The van der Waals surface area contributed by atoms with Crippen molar-refractivity contribution in [2.75, 3.05) is 7.11 Å². The van der Waals surface area contributed by atoms with Crippen molar-refractivity contribution in [1.82, 2.24) is 10.3 Å². The summed E-state index contributed by atoms with van der Waals surface area (Å²) < 4.78 is 10.3. The van der Waals surface area contributed by atoms with Crippen LogP contribution in [0, 0.1) is 5.41 Å². The van der Waals surface area contributed by atoms with Gasteiger partial charge in [-0.2, -0.15) is 0 Å². The normalized spacial score (nSPS) is 13.2. The van der Waals surface area contributed by atoms with Crippen LogP contribution >= 0.6 is 0 Å². The molecule has 8 heteroatoms. The molecule has 3 N–H and O–H groups in total. The van der Waals surface area contributed by atoms with E-state index in [-0.39, 0.29) is 18.9 Å². The highest BCUT2D eigenvalue weighted by molar-refractivity contribution is 6.26. The van der Waals surface area contributed by atoms with Crippen LogP contribution in [0.4, 0.5) is 0 Å². The number of carbonyl (C=O) groups is 3. The molecule has 2 atom stereocenters. The zero-order valence-corrected chi connectivity index (χ0v) is 14.0. The van der Waals surface area contributed by atoms with Gasteiger partial charge in [0.15, 0.2) is 11.9 Å². The van der Waals surface area contributed by atoms with Crippen LogP contribution < -0.4 is 5.32 Å². The number of aromatic amines is 1. The number of rotatable bonds is 10. The number of esters is 1. The van der Waals surface area contributed by atoms with E-state index < -0.39 is 29.8 Å². The van der Waals surface area contributed by atoms with Gasteiger partial charge in [-0.05, 0) is 26.3 Å². The van der Waals surface area contributed by atoms with Crippen LogP contribution in [0.2, 0.25) is 0 Å². The second-order valence-electron chi connectivity index (χ2n) is 5.46. The molecule has 0 radical (unpaired) electrons. The number of ketones is 1. The van der Waals surface area contributed by atoms with Crippen molar-refractivity contribution in [3.05, 3.63) is 24.0 Å². The van der Waals surface area contributed by atoms with Crippen molar-refractivity contribution in [3.63, 3.8) is 0 Å². The summed E-state index contributed by atoms with van der Waals surface area (Å²) >= 11 is 0. The van der Waals surface area contributed by atoms with E-state index in [4.69, 9.17) is 14.9 Å². The lowest BCUT2D eigenvalue weighted by molar-refractivity contribution is -0.152. The van der Waals surface area contributed by atoms with Crippen LogP contribution in [0.5, 0.6) is 0 Å². The minimum atomic E-state index is -0.986. The van der Waals surface area contributed by atoms with Gasteiger partial charge in [0.2, 0.25) is 0 Å².